The highest BCUT2D eigenvalue weighted by molar-refractivity contribution is 5.90. The summed E-state index contributed by atoms with van der Waals surface area (Å²) in [5.74, 6) is 0.176. The van der Waals surface area contributed by atoms with E-state index in [4.69, 9.17) is 10.5 Å². The molecule has 38 heavy (non-hydrogen) atoms. The van der Waals surface area contributed by atoms with Gasteiger partial charge in [-0.15, -0.1) is 13.2 Å². The lowest BCUT2D eigenvalue weighted by Crippen LogP contribution is -2.30. The topological polar surface area (TPSA) is 86.0 Å². The minimum absolute atomic E-state index is 0.235. The third kappa shape index (κ3) is 5.95. The second kappa shape index (κ2) is 10.5. The fraction of sp³-hybridized carbons (Fsp3) is 0.172. The Morgan fingerprint density at radius 3 is 2.53 bits per heavy atom. The van der Waals surface area contributed by atoms with Crippen LogP contribution in [0.4, 0.5) is 13.2 Å². The molecule has 5 aromatic rings. The van der Waals surface area contributed by atoms with Crippen molar-refractivity contribution in [1.29, 1.82) is 0 Å². The van der Waals surface area contributed by atoms with Crippen LogP contribution in [-0.4, -0.2) is 34.2 Å². The Morgan fingerprint density at radius 2 is 1.74 bits per heavy atom. The van der Waals surface area contributed by atoms with Crippen LogP contribution >= 0.6 is 0 Å². The molecule has 0 aliphatic carbocycles. The zero-order chi connectivity index (χ0) is 26.7. The first-order chi connectivity index (χ1) is 18.2. The number of aromatic amines is 1. The van der Waals surface area contributed by atoms with Crippen molar-refractivity contribution in [1.82, 2.24) is 15.2 Å². The standard InChI is InChI=1S/C29H25F3N4O2/c1-18-25-14-20(10-11-27(25)36-35-18)26-15-24(37-17-22(33)12-19-6-3-2-4-7-19)16-34-28(26)21-8-5-9-23(13-21)38-29(30,31)32/h2-11,13-16,22H,12,17,33H2,1H3,(H,35,36)/t22-/m0/s1. The SMILES string of the molecule is Cc1[nH]nc2ccc(-c3cc(OC[C@@H](N)Cc4ccccc4)cnc3-c3cccc(OC(F)(F)F)c3)cc12. The molecule has 6 nitrogen and oxygen atoms in total. The van der Waals surface area contributed by atoms with Crippen molar-refractivity contribution in [2.75, 3.05) is 6.61 Å². The van der Waals surface area contributed by atoms with Gasteiger partial charge in [-0.2, -0.15) is 5.10 Å². The number of aryl methyl sites for hydroxylation is 1. The summed E-state index contributed by atoms with van der Waals surface area (Å²) < 4.78 is 48.7. The van der Waals surface area contributed by atoms with Gasteiger partial charge in [-0.1, -0.05) is 48.5 Å². The van der Waals surface area contributed by atoms with Crippen LogP contribution in [0.3, 0.4) is 0 Å². The third-order valence-corrected chi connectivity index (χ3v) is 6.06. The van der Waals surface area contributed by atoms with E-state index in [0.717, 1.165) is 27.7 Å². The molecule has 194 valence electrons. The lowest BCUT2D eigenvalue weighted by Gasteiger charge is -2.16. The molecule has 0 fully saturated rings. The molecule has 0 aliphatic heterocycles. The predicted octanol–water partition coefficient (Wildman–Crippen LogP) is 6.45. The van der Waals surface area contributed by atoms with Crippen LogP contribution in [0.2, 0.25) is 0 Å². The molecule has 0 amide bonds. The number of ether oxygens (including phenoxy) is 2. The molecule has 0 saturated heterocycles. The number of nitrogens with two attached hydrogens (primary N) is 1. The predicted molar refractivity (Wildman–Crippen MR) is 140 cm³/mol. The number of hydrogen-bond acceptors (Lipinski definition) is 5. The molecule has 5 rings (SSSR count). The van der Waals surface area contributed by atoms with Crippen LogP contribution in [0, 0.1) is 6.92 Å². The van der Waals surface area contributed by atoms with E-state index in [1.54, 1.807) is 12.3 Å². The minimum Gasteiger partial charge on any atom is -0.490 e. The molecule has 3 aromatic carbocycles. The summed E-state index contributed by atoms with van der Waals surface area (Å²) in [5, 5.41) is 8.17. The Bertz CT molecular complexity index is 1550. The molecule has 2 heterocycles. The lowest BCUT2D eigenvalue weighted by atomic mass is 9.97. The van der Waals surface area contributed by atoms with Gasteiger partial charge in [-0.25, -0.2) is 0 Å². The average molecular weight is 519 g/mol. The van der Waals surface area contributed by atoms with Gasteiger partial charge in [0.15, 0.2) is 0 Å². The van der Waals surface area contributed by atoms with Gasteiger partial charge in [0.2, 0.25) is 0 Å². The Balaban J connectivity index is 1.49. The second-order valence-electron chi connectivity index (χ2n) is 8.98. The number of fused-ring (bicyclic) bond motifs is 1. The Kier molecular flexibility index (Phi) is 7.02. The van der Waals surface area contributed by atoms with Crippen molar-refractivity contribution in [3.05, 3.63) is 96.3 Å². The van der Waals surface area contributed by atoms with Crippen LogP contribution in [0.25, 0.3) is 33.3 Å². The van der Waals surface area contributed by atoms with Crippen LogP contribution < -0.4 is 15.2 Å². The first-order valence-corrected chi connectivity index (χ1v) is 12.0. The van der Waals surface area contributed by atoms with Gasteiger partial charge in [0.1, 0.15) is 18.1 Å². The number of pyridine rings is 1. The molecule has 0 radical (unpaired) electrons. The number of hydrogen-bond donors (Lipinski definition) is 2. The van der Waals surface area contributed by atoms with E-state index in [0.29, 0.717) is 29.0 Å². The maximum atomic E-state index is 12.8. The average Bonchev–Trinajstić information content (AvgIpc) is 3.27. The number of halogens is 3. The summed E-state index contributed by atoms with van der Waals surface area (Å²) in [6, 6.07) is 23.0. The Morgan fingerprint density at radius 1 is 0.921 bits per heavy atom. The minimum atomic E-state index is -4.80. The zero-order valence-corrected chi connectivity index (χ0v) is 20.5. The summed E-state index contributed by atoms with van der Waals surface area (Å²) in [6.07, 6.45) is -2.59. The van der Waals surface area contributed by atoms with Gasteiger partial charge < -0.3 is 15.2 Å². The molecular formula is C29H25F3N4O2. The smallest absolute Gasteiger partial charge is 0.490 e. The summed E-state index contributed by atoms with van der Waals surface area (Å²) in [7, 11) is 0. The number of aromatic nitrogens is 3. The monoisotopic (exact) mass is 518 g/mol. The molecule has 0 spiro atoms. The van der Waals surface area contributed by atoms with E-state index in [9.17, 15) is 13.2 Å². The fourth-order valence-electron chi connectivity index (χ4n) is 4.30. The highest BCUT2D eigenvalue weighted by Gasteiger charge is 2.31. The van der Waals surface area contributed by atoms with Crippen molar-refractivity contribution >= 4 is 10.9 Å². The summed E-state index contributed by atoms with van der Waals surface area (Å²) in [5.41, 5.74) is 11.6. The molecule has 9 heteroatoms. The van der Waals surface area contributed by atoms with Gasteiger partial charge in [0.05, 0.1) is 17.4 Å². The Labute approximate surface area is 217 Å². The maximum absolute atomic E-state index is 12.8. The van der Waals surface area contributed by atoms with Crippen LogP contribution in [-0.2, 0) is 6.42 Å². The largest absolute Gasteiger partial charge is 0.573 e. The van der Waals surface area contributed by atoms with Crippen LogP contribution in [0.1, 0.15) is 11.3 Å². The Hall–Kier alpha value is -4.37. The first-order valence-electron chi connectivity index (χ1n) is 12.0. The molecular weight excluding hydrogens is 493 g/mol. The molecule has 0 saturated carbocycles. The van der Waals surface area contributed by atoms with E-state index in [1.807, 2.05) is 61.5 Å². The highest BCUT2D eigenvalue weighted by atomic mass is 19.4. The van der Waals surface area contributed by atoms with E-state index >= 15 is 0 Å². The van der Waals surface area contributed by atoms with Gasteiger partial charge in [0.25, 0.3) is 0 Å². The second-order valence-corrected chi connectivity index (χ2v) is 8.98. The molecule has 3 N–H and O–H groups in total. The van der Waals surface area contributed by atoms with Crippen LogP contribution in [0.15, 0.2) is 85.1 Å². The number of alkyl halides is 3. The van der Waals surface area contributed by atoms with E-state index in [-0.39, 0.29) is 18.4 Å². The van der Waals surface area contributed by atoms with Gasteiger partial charge in [-0.3, -0.25) is 10.1 Å². The normalized spacial score (nSPS) is 12.4. The van der Waals surface area contributed by atoms with E-state index in [2.05, 4.69) is 19.9 Å². The third-order valence-electron chi connectivity index (χ3n) is 6.06. The van der Waals surface area contributed by atoms with Gasteiger partial charge in [-0.05, 0) is 54.8 Å². The lowest BCUT2D eigenvalue weighted by molar-refractivity contribution is -0.274. The van der Waals surface area contributed by atoms with Crippen molar-refractivity contribution in [3.63, 3.8) is 0 Å². The maximum Gasteiger partial charge on any atom is 0.573 e. The molecule has 0 aliphatic rings. The molecule has 0 bridgehead atoms. The van der Waals surface area contributed by atoms with Crippen molar-refractivity contribution < 1.29 is 22.6 Å². The van der Waals surface area contributed by atoms with Crippen molar-refractivity contribution in [2.45, 2.75) is 25.7 Å². The summed E-state index contributed by atoms with van der Waals surface area (Å²) in [4.78, 5) is 4.59. The number of rotatable bonds is 8. The van der Waals surface area contributed by atoms with E-state index < -0.39 is 6.36 Å². The highest BCUT2D eigenvalue weighted by Crippen LogP contribution is 2.36. The molecule has 1 atom stereocenters. The summed E-state index contributed by atoms with van der Waals surface area (Å²) >= 11 is 0. The number of benzene rings is 3. The van der Waals surface area contributed by atoms with Crippen molar-refractivity contribution in [2.24, 2.45) is 5.73 Å². The molecule has 2 aromatic heterocycles. The number of nitrogens with one attached hydrogen (secondary N) is 1. The van der Waals surface area contributed by atoms with Gasteiger partial charge >= 0.3 is 6.36 Å². The number of nitrogens with zero attached hydrogens (tertiary/aromatic N) is 2. The zero-order valence-electron chi connectivity index (χ0n) is 20.5. The van der Waals surface area contributed by atoms with Crippen molar-refractivity contribution in [3.8, 4) is 33.9 Å². The van der Waals surface area contributed by atoms with Gasteiger partial charge in [0, 0.05) is 28.2 Å². The van der Waals surface area contributed by atoms with E-state index in [1.165, 1.54) is 18.2 Å². The first kappa shape index (κ1) is 25.3. The fourth-order valence-corrected chi connectivity index (χ4v) is 4.30. The summed E-state index contributed by atoms with van der Waals surface area (Å²) in [6.45, 7) is 2.19. The van der Waals surface area contributed by atoms with Crippen LogP contribution in [0.5, 0.6) is 11.5 Å². The quantitative estimate of drug-likeness (QED) is 0.247. The number of H-pyrrole nitrogens is 1. The molecule has 0 unspecified atom stereocenters.